The average molecular weight is 346 g/mol. The number of fused-ring (bicyclic) bond motifs is 2. The molecule has 5 nitrogen and oxygen atoms in total. The highest BCUT2D eigenvalue weighted by Gasteiger charge is 2.27. The maximum Gasteiger partial charge on any atom is 0.284 e. The number of amides is 1. The number of hydrazone groups is 1. The van der Waals surface area contributed by atoms with Crippen LogP contribution in [0.25, 0.3) is 10.8 Å². The van der Waals surface area contributed by atoms with Crippen molar-refractivity contribution in [2.45, 2.75) is 13.0 Å². The number of hydrogen-bond donors (Lipinski definition) is 1. The van der Waals surface area contributed by atoms with Crippen LogP contribution in [0, 0.1) is 6.92 Å². The highest BCUT2D eigenvalue weighted by atomic mass is 16.6. The Kier molecular flexibility index (Phi) is 4.27. The van der Waals surface area contributed by atoms with Gasteiger partial charge in [0.15, 0.2) is 11.5 Å². The molecule has 1 atom stereocenters. The summed E-state index contributed by atoms with van der Waals surface area (Å²) < 4.78 is 11.5. The van der Waals surface area contributed by atoms with E-state index in [1.165, 1.54) is 5.56 Å². The molecular weight excluding hydrogens is 328 g/mol. The van der Waals surface area contributed by atoms with E-state index in [1.807, 2.05) is 67.6 Å². The molecule has 0 radical (unpaired) electrons. The van der Waals surface area contributed by atoms with Crippen LogP contribution in [0.1, 0.15) is 11.1 Å². The minimum Gasteiger partial charge on any atom is -0.485 e. The Bertz CT molecular complexity index is 980. The molecule has 3 aromatic carbocycles. The number of ether oxygens (including phenoxy) is 2. The molecule has 4 rings (SSSR count). The molecule has 0 aromatic heterocycles. The molecule has 26 heavy (non-hydrogen) atoms. The van der Waals surface area contributed by atoms with Crippen LogP contribution in [-0.4, -0.2) is 24.8 Å². The van der Waals surface area contributed by atoms with E-state index in [0.717, 1.165) is 16.3 Å². The van der Waals surface area contributed by atoms with Crippen molar-refractivity contribution in [1.29, 1.82) is 0 Å². The molecule has 0 saturated heterocycles. The Labute approximate surface area is 151 Å². The minimum atomic E-state index is -0.737. The first-order chi connectivity index (χ1) is 12.7. The van der Waals surface area contributed by atoms with Crippen molar-refractivity contribution in [2.24, 2.45) is 5.10 Å². The molecule has 0 unspecified atom stereocenters. The predicted molar refractivity (Wildman–Crippen MR) is 101 cm³/mol. The van der Waals surface area contributed by atoms with E-state index in [0.29, 0.717) is 11.5 Å². The Morgan fingerprint density at radius 2 is 1.77 bits per heavy atom. The zero-order chi connectivity index (χ0) is 17.9. The standard InChI is InChI=1S/C21H18N2O3/c1-14-6-8-15(9-7-14)12-22-23-21(24)20-13-25-18-10-16-4-2-3-5-17(16)11-19(18)26-20/h2-12,20H,13H2,1H3,(H,23,24)/t20-/m0/s1. The molecule has 1 aliphatic heterocycles. The number of carbonyl (C=O) groups excluding carboxylic acids is 1. The van der Waals surface area contributed by atoms with Crippen LogP contribution in [0.5, 0.6) is 11.5 Å². The maximum atomic E-state index is 12.3. The summed E-state index contributed by atoms with van der Waals surface area (Å²) in [5, 5.41) is 6.10. The Hall–Kier alpha value is -3.34. The smallest absolute Gasteiger partial charge is 0.284 e. The van der Waals surface area contributed by atoms with Crippen LogP contribution in [0.15, 0.2) is 65.8 Å². The van der Waals surface area contributed by atoms with Crippen molar-refractivity contribution in [2.75, 3.05) is 6.61 Å². The van der Waals surface area contributed by atoms with Crippen LogP contribution in [0.2, 0.25) is 0 Å². The van der Waals surface area contributed by atoms with Gasteiger partial charge < -0.3 is 9.47 Å². The first-order valence-electron chi connectivity index (χ1n) is 8.41. The molecule has 0 bridgehead atoms. The molecule has 0 saturated carbocycles. The number of hydrogen-bond acceptors (Lipinski definition) is 4. The van der Waals surface area contributed by atoms with Crippen LogP contribution in [0.4, 0.5) is 0 Å². The topological polar surface area (TPSA) is 59.9 Å². The summed E-state index contributed by atoms with van der Waals surface area (Å²) >= 11 is 0. The summed E-state index contributed by atoms with van der Waals surface area (Å²) in [6.45, 7) is 2.17. The lowest BCUT2D eigenvalue weighted by molar-refractivity contribution is -0.130. The largest absolute Gasteiger partial charge is 0.485 e. The van der Waals surface area contributed by atoms with Crippen molar-refractivity contribution in [1.82, 2.24) is 5.43 Å². The Morgan fingerprint density at radius 1 is 1.08 bits per heavy atom. The second-order valence-corrected chi connectivity index (χ2v) is 6.21. The molecule has 0 aliphatic carbocycles. The van der Waals surface area contributed by atoms with Crippen LogP contribution in [-0.2, 0) is 4.79 Å². The third kappa shape index (κ3) is 3.37. The normalized spacial score (nSPS) is 16.0. The third-order valence-electron chi connectivity index (χ3n) is 4.23. The van der Waals surface area contributed by atoms with Crippen molar-refractivity contribution >= 4 is 22.9 Å². The van der Waals surface area contributed by atoms with Crippen LogP contribution in [0.3, 0.4) is 0 Å². The van der Waals surface area contributed by atoms with Gasteiger partial charge in [0.1, 0.15) is 6.61 Å². The summed E-state index contributed by atoms with van der Waals surface area (Å²) in [6, 6.07) is 19.6. The van der Waals surface area contributed by atoms with E-state index in [1.54, 1.807) is 6.21 Å². The number of nitrogens with zero attached hydrogens (tertiary/aromatic N) is 1. The highest BCUT2D eigenvalue weighted by Crippen LogP contribution is 2.35. The van der Waals surface area contributed by atoms with E-state index in [9.17, 15) is 4.79 Å². The van der Waals surface area contributed by atoms with E-state index >= 15 is 0 Å². The second kappa shape index (κ2) is 6.88. The van der Waals surface area contributed by atoms with Crippen molar-refractivity contribution in [3.63, 3.8) is 0 Å². The second-order valence-electron chi connectivity index (χ2n) is 6.21. The summed E-state index contributed by atoms with van der Waals surface area (Å²) in [5.41, 5.74) is 4.59. The number of carbonyl (C=O) groups is 1. The van der Waals surface area contributed by atoms with E-state index in [2.05, 4.69) is 10.5 Å². The summed E-state index contributed by atoms with van der Waals surface area (Å²) in [6.07, 6.45) is 0.862. The van der Waals surface area contributed by atoms with Gasteiger partial charge in [-0.05, 0) is 35.4 Å². The maximum absolute atomic E-state index is 12.3. The van der Waals surface area contributed by atoms with Gasteiger partial charge in [-0.1, -0.05) is 54.1 Å². The quantitative estimate of drug-likeness (QED) is 0.584. The molecule has 0 fully saturated rings. The lowest BCUT2D eigenvalue weighted by atomic mass is 10.1. The van der Waals surface area contributed by atoms with Gasteiger partial charge in [0.25, 0.3) is 5.91 Å². The van der Waals surface area contributed by atoms with Gasteiger partial charge in [0, 0.05) is 0 Å². The van der Waals surface area contributed by atoms with Gasteiger partial charge in [-0.15, -0.1) is 0 Å². The lowest BCUT2D eigenvalue weighted by Gasteiger charge is -2.25. The fraction of sp³-hybridized carbons (Fsp3) is 0.143. The molecule has 1 amide bonds. The first kappa shape index (κ1) is 16.1. The molecule has 5 heteroatoms. The SMILES string of the molecule is Cc1ccc(C=NNC(=O)[C@@H]2COc3cc4ccccc4cc3O2)cc1. The monoisotopic (exact) mass is 346 g/mol. The van der Waals surface area contributed by atoms with E-state index in [4.69, 9.17) is 9.47 Å². The van der Waals surface area contributed by atoms with Gasteiger partial charge in [0.05, 0.1) is 6.21 Å². The van der Waals surface area contributed by atoms with E-state index < -0.39 is 6.10 Å². The summed E-state index contributed by atoms with van der Waals surface area (Å²) in [4.78, 5) is 12.3. The Morgan fingerprint density at radius 3 is 2.50 bits per heavy atom. The van der Waals surface area contributed by atoms with Crippen molar-refractivity contribution in [3.05, 3.63) is 71.8 Å². The molecule has 130 valence electrons. The summed E-state index contributed by atoms with van der Waals surface area (Å²) in [7, 11) is 0. The fourth-order valence-corrected chi connectivity index (χ4v) is 2.78. The average Bonchev–Trinajstić information content (AvgIpc) is 2.67. The predicted octanol–water partition coefficient (Wildman–Crippen LogP) is 3.44. The summed E-state index contributed by atoms with van der Waals surface area (Å²) in [5.74, 6) is 0.876. The van der Waals surface area contributed by atoms with Crippen LogP contribution < -0.4 is 14.9 Å². The van der Waals surface area contributed by atoms with Gasteiger partial charge in [-0.3, -0.25) is 4.79 Å². The van der Waals surface area contributed by atoms with Gasteiger partial charge in [-0.25, -0.2) is 5.43 Å². The number of aryl methyl sites for hydroxylation is 1. The van der Waals surface area contributed by atoms with Gasteiger partial charge >= 0.3 is 0 Å². The lowest BCUT2D eigenvalue weighted by Crippen LogP contribution is -2.42. The molecule has 0 spiro atoms. The van der Waals surface area contributed by atoms with E-state index in [-0.39, 0.29) is 12.5 Å². The first-order valence-corrected chi connectivity index (χ1v) is 8.41. The number of rotatable bonds is 3. The highest BCUT2D eigenvalue weighted by molar-refractivity contribution is 5.88. The fourth-order valence-electron chi connectivity index (χ4n) is 2.78. The molecule has 1 heterocycles. The van der Waals surface area contributed by atoms with Crippen LogP contribution >= 0.6 is 0 Å². The molecule has 1 N–H and O–H groups in total. The zero-order valence-electron chi connectivity index (χ0n) is 14.3. The molecular formula is C21H18N2O3. The zero-order valence-corrected chi connectivity index (χ0v) is 14.3. The van der Waals surface area contributed by atoms with Gasteiger partial charge in [0.2, 0.25) is 6.10 Å². The Balaban J connectivity index is 1.43. The minimum absolute atomic E-state index is 0.150. The van der Waals surface area contributed by atoms with Gasteiger partial charge in [-0.2, -0.15) is 5.10 Å². The third-order valence-corrected chi connectivity index (χ3v) is 4.23. The van der Waals surface area contributed by atoms with Crippen molar-refractivity contribution < 1.29 is 14.3 Å². The number of benzene rings is 3. The number of nitrogens with one attached hydrogen (secondary N) is 1. The molecule has 1 aliphatic rings. The molecule has 3 aromatic rings. The van der Waals surface area contributed by atoms with Crippen molar-refractivity contribution in [3.8, 4) is 11.5 Å².